The van der Waals surface area contributed by atoms with Crippen molar-refractivity contribution in [2.45, 2.75) is 26.1 Å². The summed E-state index contributed by atoms with van der Waals surface area (Å²) in [5, 5.41) is 3.23. The van der Waals surface area contributed by atoms with Crippen LogP contribution in [0.25, 0.3) is 0 Å². The fourth-order valence-corrected chi connectivity index (χ4v) is 0.905. The van der Waals surface area contributed by atoms with Gasteiger partial charge in [-0.3, -0.25) is 5.32 Å². The SMILES string of the molecule is C=C(C)C1COC(C)N1. The van der Waals surface area contributed by atoms with Gasteiger partial charge in [0.05, 0.1) is 12.6 Å². The van der Waals surface area contributed by atoms with Crippen molar-refractivity contribution in [1.82, 2.24) is 5.32 Å². The molecule has 1 rings (SSSR count). The van der Waals surface area contributed by atoms with E-state index in [4.69, 9.17) is 4.74 Å². The molecule has 2 atom stereocenters. The molecule has 52 valence electrons. The van der Waals surface area contributed by atoms with Crippen LogP contribution in [0.3, 0.4) is 0 Å². The van der Waals surface area contributed by atoms with Crippen molar-refractivity contribution in [2.75, 3.05) is 6.61 Å². The van der Waals surface area contributed by atoms with Gasteiger partial charge in [0.2, 0.25) is 0 Å². The number of ether oxygens (including phenoxy) is 1. The molecule has 1 aliphatic heterocycles. The Morgan fingerprint density at radius 3 is 2.67 bits per heavy atom. The molecule has 0 amide bonds. The molecule has 1 fully saturated rings. The highest BCUT2D eigenvalue weighted by Crippen LogP contribution is 2.07. The molecule has 1 N–H and O–H groups in total. The Labute approximate surface area is 55.9 Å². The van der Waals surface area contributed by atoms with Crippen LogP contribution in [0.15, 0.2) is 12.2 Å². The Kier molecular flexibility index (Phi) is 1.88. The van der Waals surface area contributed by atoms with Crippen molar-refractivity contribution in [1.29, 1.82) is 0 Å². The van der Waals surface area contributed by atoms with Gasteiger partial charge in [-0.25, -0.2) is 0 Å². The average Bonchev–Trinajstić information content (AvgIpc) is 2.14. The molecular formula is C7H13NO. The second-order valence-electron chi connectivity index (χ2n) is 2.54. The van der Waals surface area contributed by atoms with Gasteiger partial charge in [-0.2, -0.15) is 0 Å². The summed E-state index contributed by atoms with van der Waals surface area (Å²) in [6.45, 7) is 8.62. The minimum atomic E-state index is 0.201. The van der Waals surface area contributed by atoms with Crippen LogP contribution in [0.4, 0.5) is 0 Å². The van der Waals surface area contributed by atoms with Crippen molar-refractivity contribution in [3.8, 4) is 0 Å². The van der Waals surface area contributed by atoms with Gasteiger partial charge < -0.3 is 4.74 Å². The lowest BCUT2D eigenvalue weighted by atomic mass is 10.2. The highest BCUT2D eigenvalue weighted by atomic mass is 16.5. The Balaban J connectivity index is 2.39. The van der Waals surface area contributed by atoms with E-state index < -0.39 is 0 Å². The van der Waals surface area contributed by atoms with Gasteiger partial charge in [0.15, 0.2) is 0 Å². The van der Waals surface area contributed by atoms with E-state index in [0.29, 0.717) is 6.04 Å². The van der Waals surface area contributed by atoms with Crippen LogP contribution in [0.1, 0.15) is 13.8 Å². The standard InChI is InChI=1S/C7H13NO/c1-5(2)7-4-9-6(3)8-7/h6-8H,1,4H2,2-3H3. The van der Waals surface area contributed by atoms with Gasteiger partial charge in [-0.1, -0.05) is 12.2 Å². The van der Waals surface area contributed by atoms with Gasteiger partial charge in [0.1, 0.15) is 6.23 Å². The van der Waals surface area contributed by atoms with Crippen LogP contribution < -0.4 is 5.32 Å². The summed E-state index contributed by atoms with van der Waals surface area (Å²) in [5.41, 5.74) is 1.15. The summed E-state index contributed by atoms with van der Waals surface area (Å²) in [7, 11) is 0. The lowest BCUT2D eigenvalue weighted by molar-refractivity contribution is 0.115. The molecule has 2 nitrogen and oxygen atoms in total. The first-order chi connectivity index (χ1) is 4.20. The lowest BCUT2D eigenvalue weighted by Crippen LogP contribution is -2.28. The maximum atomic E-state index is 5.25. The molecule has 1 aliphatic rings. The van der Waals surface area contributed by atoms with E-state index in [2.05, 4.69) is 11.9 Å². The first-order valence-corrected chi connectivity index (χ1v) is 3.23. The highest BCUT2D eigenvalue weighted by Gasteiger charge is 2.20. The van der Waals surface area contributed by atoms with Crippen molar-refractivity contribution < 1.29 is 4.74 Å². The molecule has 2 unspecified atom stereocenters. The molecule has 0 aromatic carbocycles. The molecule has 0 saturated carbocycles. The van der Waals surface area contributed by atoms with E-state index in [0.717, 1.165) is 12.2 Å². The average molecular weight is 127 g/mol. The van der Waals surface area contributed by atoms with E-state index >= 15 is 0 Å². The Hall–Kier alpha value is -0.340. The highest BCUT2D eigenvalue weighted by molar-refractivity contribution is 5.03. The summed E-state index contributed by atoms with van der Waals surface area (Å²) in [4.78, 5) is 0. The zero-order valence-electron chi connectivity index (χ0n) is 5.98. The molecule has 0 aromatic heterocycles. The minimum Gasteiger partial charge on any atom is -0.362 e. The van der Waals surface area contributed by atoms with Crippen LogP contribution in [0, 0.1) is 0 Å². The second kappa shape index (κ2) is 2.50. The molecule has 0 radical (unpaired) electrons. The minimum absolute atomic E-state index is 0.201. The number of nitrogens with one attached hydrogen (secondary N) is 1. The van der Waals surface area contributed by atoms with Crippen molar-refractivity contribution in [2.24, 2.45) is 0 Å². The Morgan fingerprint density at radius 2 is 2.44 bits per heavy atom. The monoisotopic (exact) mass is 127 g/mol. The number of rotatable bonds is 1. The molecule has 0 bridgehead atoms. The van der Waals surface area contributed by atoms with Crippen molar-refractivity contribution in [3.05, 3.63) is 12.2 Å². The molecule has 1 saturated heterocycles. The third-order valence-electron chi connectivity index (χ3n) is 1.54. The van der Waals surface area contributed by atoms with E-state index in [1.165, 1.54) is 0 Å². The summed E-state index contributed by atoms with van der Waals surface area (Å²) >= 11 is 0. The van der Waals surface area contributed by atoms with Gasteiger partial charge in [-0.05, 0) is 13.8 Å². The van der Waals surface area contributed by atoms with E-state index in [1.54, 1.807) is 0 Å². The second-order valence-corrected chi connectivity index (χ2v) is 2.54. The van der Waals surface area contributed by atoms with E-state index in [9.17, 15) is 0 Å². The summed E-state index contributed by atoms with van der Waals surface area (Å²) in [6, 6.07) is 0.375. The first kappa shape index (κ1) is 6.78. The van der Waals surface area contributed by atoms with Gasteiger partial charge in [0, 0.05) is 0 Å². The Bertz CT molecular complexity index is 122. The maximum absolute atomic E-state index is 5.25. The topological polar surface area (TPSA) is 21.3 Å². The van der Waals surface area contributed by atoms with E-state index in [1.807, 2.05) is 13.8 Å². The molecule has 0 aromatic rings. The fraction of sp³-hybridized carbons (Fsp3) is 0.714. The van der Waals surface area contributed by atoms with Gasteiger partial charge in [0.25, 0.3) is 0 Å². The molecule has 0 aliphatic carbocycles. The lowest BCUT2D eigenvalue weighted by Gasteiger charge is -2.06. The predicted octanol–water partition coefficient (Wildman–Crippen LogP) is 0.897. The van der Waals surface area contributed by atoms with Crippen LogP contribution in [0.2, 0.25) is 0 Å². The fourth-order valence-electron chi connectivity index (χ4n) is 0.905. The molecule has 9 heavy (non-hydrogen) atoms. The Morgan fingerprint density at radius 1 is 1.78 bits per heavy atom. The zero-order valence-corrected chi connectivity index (χ0v) is 5.98. The molecule has 2 heteroatoms. The largest absolute Gasteiger partial charge is 0.362 e. The van der Waals surface area contributed by atoms with Crippen LogP contribution >= 0.6 is 0 Å². The van der Waals surface area contributed by atoms with Gasteiger partial charge in [-0.15, -0.1) is 0 Å². The van der Waals surface area contributed by atoms with Gasteiger partial charge >= 0.3 is 0 Å². The van der Waals surface area contributed by atoms with Crippen LogP contribution in [-0.2, 0) is 4.74 Å². The first-order valence-electron chi connectivity index (χ1n) is 3.23. The third kappa shape index (κ3) is 1.53. The molecule has 0 spiro atoms. The number of hydrogen-bond donors (Lipinski definition) is 1. The van der Waals surface area contributed by atoms with Crippen molar-refractivity contribution in [3.63, 3.8) is 0 Å². The van der Waals surface area contributed by atoms with Crippen LogP contribution in [0.5, 0.6) is 0 Å². The maximum Gasteiger partial charge on any atom is 0.105 e. The molecule has 1 heterocycles. The summed E-state index contributed by atoms with van der Waals surface area (Å²) in [6.07, 6.45) is 0.201. The quantitative estimate of drug-likeness (QED) is 0.528. The zero-order chi connectivity index (χ0) is 6.85. The van der Waals surface area contributed by atoms with Crippen LogP contribution in [-0.4, -0.2) is 18.9 Å². The number of hydrogen-bond acceptors (Lipinski definition) is 2. The summed E-state index contributed by atoms with van der Waals surface area (Å²) < 4.78 is 5.25. The van der Waals surface area contributed by atoms with E-state index in [-0.39, 0.29) is 6.23 Å². The molecular weight excluding hydrogens is 114 g/mol. The summed E-state index contributed by atoms with van der Waals surface area (Å²) in [5.74, 6) is 0. The predicted molar refractivity (Wildman–Crippen MR) is 37.2 cm³/mol. The smallest absolute Gasteiger partial charge is 0.105 e. The third-order valence-corrected chi connectivity index (χ3v) is 1.54. The van der Waals surface area contributed by atoms with Crippen molar-refractivity contribution >= 4 is 0 Å². The normalized spacial score (nSPS) is 34.9.